The lowest BCUT2D eigenvalue weighted by molar-refractivity contribution is -0.137. The molecule has 0 unspecified atom stereocenters. The molecule has 0 atom stereocenters. The summed E-state index contributed by atoms with van der Waals surface area (Å²) in [6, 6.07) is 15.4. The Morgan fingerprint density at radius 2 is 1.63 bits per heavy atom. The van der Waals surface area contributed by atoms with Crippen molar-refractivity contribution < 1.29 is 13.2 Å². The predicted octanol–water partition coefficient (Wildman–Crippen LogP) is 5.16. The van der Waals surface area contributed by atoms with Crippen molar-refractivity contribution in [2.45, 2.75) is 13.1 Å². The second kappa shape index (κ2) is 7.33. The third-order valence-electron chi connectivity index (χ3n) is 3.56. The second-order valence-corrected chi connectivity index (χ2v) is 5.74. The van der Waals surface area contributed by atoms with Gasteiger partial charge in [0.2, 0.25) is 5.95 Å². The van der Waals surface area contributed by atoms with Crippen molar-refractivity contribution in [1.82, 2.24) is 9.97 Å². The van der Waals surface area contributed by atoms with Crippen LogP contribution in [0.3, 0.4) is 0 Å². The van der Waals surface area contributed by atoms with Crippen LogP contribution >= 0.6 is 0 Å². The van der Waals surface area contributed by atoms with Gasteiger partial charge in [0.15, 0.2) is 0 Å². The Kier molecular flexibility index (Phi) is 4.94. The summed E-state index contributed by atoms with van der Waals surface area (Å²) >= 11 is 0. The molecule has 0 aliphatic heterocycles. The van der Waals surface area contributed by atoms with Gasteiger partial charge in [-0.25, -0.2) is 4.98 Å². The first-order chi connectivity index (χ1) is 12.8. The summed E-state index contributed by atoms with van der Waals surface area (Å²) in [5.41, 5.74) is 1.25. The number of hydrogen-bond donors (Lipinski definition) is 2. The van der Waals surface area contributed by atoms with E-state index in [1.807, 2.05) is 6.07 Å². The third-order valence-corrected chi connectivity index (χ3v) is 3.56. The number of nitrogens with zero attached hydrogens (tertiary/aromatic N) is 3. The van der Waals surface area contributed by atoms with E-state index in [1.165, 1.54) is 12.1 Å². The van der Waals surface area contributed by atoms with Crippen LogP contribution in [0, 0.1) is 18.3 Å². The van der Waals surface area contributed by atoms with Crippen molar-refractivity contribution >= 4 is 23.1 Å². The van der Waals surface area contributed by atoms with E-state index in [4.69, 9.17) is 5.26 Å². The SMILES string of the molecule is Cc1cc(Nc2cccc(C#N)c2)nc(Nc2cccc(C(F)(F)F)c2)n1. The Hall–Kier alpha value is -3.60. The number of nitrogens with one attached hydrogen (secondary N) is 2. The zero-order valence-electron chi connectivity index (χ0n) is 14.2. The fourth-order valence-electron chi connectivity index (χ4n) is 2.41. The highest BCUT2D eigenvalue weighted by Crippen LogP contribution is 2.31. The molecule has 2 aromatic carbocycles. The molecule has 1 heterocycles. The highest BCUT2D eigenvalue weighted by atomic mass is 19.4. The topological polar surface area (TPSA) is 73.6 Å². The van der Waals surface area contributed by atoms with Crippen LogP contribution in [0.2, 0.25) is 0 Å². The van der Waals surface area contributed by atoms with Crippen LogP contribution in [0.5, 0.6) is 0 Å². The summed E-state index contributed by atoms with van der Waals surface area (Å²) in [5, 5.41) is 14.8. The van der Waals surface area contributed by atoms with E-state index >= 15 is 0 Å². The number of nitriles is 1. The zero-order valence-corrected chi connectivity index (χ0v) is 14.2. The molecule has 27 heavy (non-hydrogen) atoms. The highest BCUT2D eigenvalue weighted by Gasteiger charge is 2.30. The number of halogens is 3. The van der Waals surface area contributed by atoms with Crippen LogP contribution in [0.25, 0.3) is 0 Å². The van der Waals surface area contributed by atoms with Crippen LogP contribution in [-0.4, -0.2) is 9.97 Å². The smallest absolute Gasteiger partial charge is 0.340 e. The molecule has 0 saturated heterocycles. The zero-order chi connectivity index (χ0) is 19.4. The number of rotatable bonds is 4. The van der Waals surface area contributed by atoms with E-state index < -0.39 is 11.7 Å². The van der Waals surface area contributed by atoms with Gasteiger partial charge in [-0.15, -0.1) is 0 Å². The molecule has 3 rings (SSSR count). The maximum Gasteiger partial charge on any atom is 0.416 e. The molecule has 0 radical (unpaired) electrons. The van der Waals surface area contributed by atoms with Gasteiger partial charge < -0.3 is 10.6 Å². The predicted molar refractivity (Wildman–Crippen MR) is 95.9 cm³/mol. The molecule has 0 bridgehead atoms. The van der Waals surface area contributed by atoms with Gasteiger partial charge in [0.1, 0.15) is 5.82 Å². The summed E-state index contributed by atoms with van der Waals surface area (Å²) in [6.45, 7) is 1.75. The van der Waals surface area contributed by atoms with E-state index in [0.717, 1.165) is 12.1 Å². The summed E-state index contributed by atoms with van der Waals surface area (Å²) in [4.78, 5) is 8.47. The van der Waals surface area contributed by atoms with Gasteiger partial charge in [-0.2, -0.15) is 23.4 Å². The first-order valence-corrected chi connectivity index (χ1v) is 7.91. The van der Waals surface area contributed by atoms with E-state index in [9.17, 15) is 13.2 Å². The second-order valence-electron chi connectivity index (χ2n) is 5.74. The molecule has 1 aromatic heterocycles. The van der Waals surface area contributed by atoms with Crippen molar-refractivity contribution in [2.75, 3.05) is 10.6 Å². The standard InChI is InChI=1S/C19H14F3N5/c1-12-8-17(25-15-6-2-4-13(9-15)11-23)27-18(24-12)26-16-7-3-5-14(10-16)19(20,21)22/h2-10H,1H3,(H2,24,25,26,27). The Labute approximate surface area is 153 Å². The quantitative estimate of drug-likeness (QED) is 0.664. The highest BCUT2D eigenvalue weighted by molar-refractivity contribution is 5.61. The molecule has 0 spiro atoms. The summed E-state index contributed by atoms with van der Waals surface area (Å²) < 4.78 is 38.5. The van der Waals surface area contributed by atoms with Crippen molar-refractivity contribution in [3.05, 3.63) is 71.4 Å². The average Bonchev–Trinajstić information content (AvgIpc) is 2.61. The van der Waals surface area contributed by atoms with Crippen molar-refractivity contribution in [3.63, 3.8) is 0 Å². The number of aryl methyl sites for hydroxylation is 1. The van der Waals surface area contributed by atoms with E-state index in [0.29, 0.717) is 22.8 Å². The first kappa shape index (κ1) is 18.2. The molecular weight excluding hydrogens is 355 g/mol. The summed E-state index contributed by atoms with van der Waals surface area (Å²) in [7, 11) is 0. The van der Waals surface area contributed by atoms with Gasteiger partial charge in [-0.3, -0.25) is 0 Å². The molecule has 136 valence electrons. The van der Waals surface area contributed by atoms with Crippen LogP contribution in [-0.2, 0) is 6.18 Å². The van der Waals surface area contributed by atoms with Crippen molar-refractivity contribution in [3.8, 4) is 6.07 Å². The lowest BCUT2D eigenvalue weighted by Gasteiger charge is -2.12. The Bertz CT molecular complexity index is 1010. The Morgan fingerprint density at radius 3 is 2.33 bits per heavy atom. The van der Waals surface area contributed by atoms with Crippen molar-refractivity contribution in [1.29, 1.82) is 5.26 Å². The van der Waals surface area contributed by atoms with Gasteiger partial charge >= 0.3 is 6.18 Å². The molecule has 0 aliphatic carbocycles. The van der Waals surface area contributed by atoms with Gasteiger partial charge in [0, 0.05) is 23.1 Å². The first-order valence-electron chi connectivity index (χ1n) is 7.91. The molecular formula is C19H14F3N5. The largest absolute Gasteiger partial charge is 0.416 e. The third kappa shape index (κ3) is 4.73. The van der Waals surface area contributed by atoms with E-state index in [2.05, 4.69) is 20.6 Å². The van der Waals surface area contributed by atoms with E-state index in [1.54, 1.807) is 37.3 Å². The lowest BCUT2D eigenvalue weighted by Crippen LogP contribution is -2.06. The fourth-order valence-corrected chi connectivity index (χ4v) is 2.41. The maximum atomic E-state index is 12.8. The summed E-state index contributed by atoms with van der Waals surface area (Å²) in [6.07, 6.45) is -4.43. The van der Waals surface area contributed by atoms with Crippen LogP contribution < -0.4 is 10.6 Å². The average molecular weight is 369 g/mol. The molecule has 0 fully saturated rings. The van der Waals surface area contributed by atoms with Crippen LogP contribution in [0.15, 0.2) is 54.6 Å². The molecule has 0 saturated carbocycles. The molecule has 3 aromatic rings. The fraction of sp³-hybridized carbons (Fsp3) is 0.105. The molecule has 2 N–H and O–H groups in total. The monoisotopic (exact) mass is 369 g/mol. The molecule has 0 amide bonds. The minimum absolute atomic E-state index is 0.160. The lowest BCUT2D eigenvalue weighted by atomic mass is 10.2. The number of alkyl halides is 3. The Balaban J connectivity index is 1.84. The number of benzene rings is 2. The molecule has 8 heteroatoms. The minimum atomic E-state index is -4.43. The Morgan fingerprint density at radius 1 is 0.926 bits per heavy atom. The number of hydrogen-bond acceptors (Lipinski definition) is 5. The molecule has 0 aliphatic rings. The maximum absolute atomic E-state index is 12.8. The van der Waals surface area contributed by atoms with Crippen LogP contribution in [0.4, 0.5) is 36.3 Å². The van der Waals surface area contributed by atoms with Gasteiger partial charge in [-0.1, -0.05) is 12.1 Å². The summed E-state index contributed by atoms with van der Waals surface area (Å²) in [5.74, 6) is 0.611. The van der Waals surface area contributed by atoms with Gasteiger partial charge in [0.05, 0.1) is 17.2 Å². The van der Waals surface area contributed by atoms with E-state index in [-0.39, 0.29) is 11.6 Å². The van der Waals surface area contributed by atoms with Gasteiger partial charge in [0.25, 0.3) is 0 Å². The minimum Gasteiger partial charge on any atom is -0.340 e. The molecule has 5 nitrogen and oxygen atoms in total. The number of anilines is 4. The number of aromatic nitrogens is 2. The normalized spacial score (nSPS) is 10.9. The van der Waals surface area contributed by atoms with Gasteiger partial charge in [-0.05, 0) is 43.3 Å². The van der Waals surface area contributed by atoms with Crippen LogP contribution in [0.1, 0.15) is 16.8 Å². The van der Waals surface area contributed by atoms with Crippen molar-refractivity contribution in [2.24, 2.45) is 0 Å².